The highest BCUT2D eigenvalue weighted by Crippen LogP contribution is 2.29. The van der Waals surface area contributed by atoms with E-state index in [1.54, 1.807) is 50.6 Å². The number of methoxy groups -OCH3 is 2. The van der Waals surface area contributed by atoms with Gasteiger partial charge in [0.2, 0.25) is 5.91 Å². The zero-order valence-electron chi connectivity index (χ0n) is 12.7. The lowest BCUT2D eigenvalue weighted by atomic mass is 10.2. The van der Waals surface area contributed by atoms with E-state index < -0.39 is 0 Å². The Hall–Kier alpha value is -2.11. The van der Waals surface area contributed by atoms with E-state index in [9.17, 15) is 4.79 Å². The summed E-state index contributed by atoms with van der Waals surface area (Å²) in [5, 5.41) is 6.55. The fraction of sp³-hybridized carbons (Fsp3) is 0.188. The van der Waals surface area contributed by atoms with Crippen LogP contribution in [0.3, 0.4) is 0 Å². The van der Waals surface area contributed by atoms with Crippen molar-refractivity contribution in [2.45, 2.75) is 0 Å². The molecule has 0 atom stereocenters. The molecular weight excluding hydrogens is 339 g/mol. The molecule has 5 nitrogen and oxygen atoms in total. The van der Waals surface area contributed by atoms with Crippen LogP contribution in [0, 0.1) is 0 Å². The molecule has 0 heterocycles. The molecule has 2 rings (SSSR count). The molecule has 2 aromatic rings. The van der Waals surface area contributed by atoms with Crippen LogP contribution in [0.2, 0.25) is 10.0 Å². The number of hydrogen-bond acceptors (Lipinski definition) is 4. The van der Waals surface area contributed by atoms with Crippen molar-refractivity contribution in [3.8, 4) is 11.5 Å². The van der Waals surface area contributed by atoms with Crippen LogP contribution in [0.15, 0.2) is 36.4 Å². The zero-order chi connectivity index (χ0) is 16.8. The fourth-order valence-corrected chi connectivity index (χ4v) is 2.20. The van der Waals surface area contributed by atoms with Gasteiger partial charge in [0.15, 0.2) is 0 Å². The second-order valence-corrected chi connectivity index (χ2v) is 5.41. The summed E-state index contributed by atoms with van der Waals surface area (Å²) in [4.78, 5) is 12.0. The highest BCUT2D eigenvalue weighted by atomic mass is 35.5. The van der Waals surface area contributed by atoms with Crippen LogP contribution in [0.4, 0.5) is 11.4 Å². The first-order chi connectivity index (χ1) is 11.0. The van der Waals surface area contributed by atoms with E-state index in [4.69, 9.17) is 32.7 Å². The third kappa shape index (κ3) is 4.68. The van der Waals surface area contributed by atoms with Gasteiger partial charge in [-0.25, -0.2) is 0 Å². The second-order valence-electron chi connectivity index (χ2n) is 4.60. The van der Waals surface area contributed by atoms with Crippen molar-refractivity contribution in [2.24, 2.45) is 0 Å². The summed E-state index contributed by atoms with van der Waals surface area (Å²) in [6, 6.07) is 10.2. The molecule has 0 aromatic heterocycles. The van der Waals surface area contributed by atoms with Gasteiger partial charge in [0.25, 0.3) is 0 Å². The van der Waals surface area contributed by atoms with Crippen LogP contribution in [0.1, 0.15) is 0 Å². The van der Waals surface area contributed by atoms with Crippen molar-refractivity contribution in [3.63, 3.8) is 0 Å². The van der Waals surface area contributed by atoms with E-state index in [2.05, 4.69) is 10.6 Å². The molecular formula is C16H16Cl2N2O3. The van der Waals surface area contributed by atoms with Gasteiger partial charge in [-0.05, 0) is 30.3 Å². The summed E-state index contributed by atoms with van der Waals surface area (Å²) in [7, 11) is 3.13. The van der Waals surface area contributed by atoms with Crippen molar-refractivity contribution in [2.75, 3.05) is 31.4 Å². The van der Waals surface area contributed by atoms with Crippen LogP contribution in [-0.4, -0.2) is 26.7 Å². The Morgan fingerprint density at radius 2 is 1.83 bits per heavy atom. The Morgan fingerprint density at radius 3 is 2.48 bits per heavy atom. The highest BCUT2D eigenvalue weighted by Gasteiger charge is 2.08. The van der Waals surface area contributed by atoms with E-state index in [0.717, 1.165) is 0 Å². The van der Waals surface area contributed by atoms with Gasteiger partial charge in [-0.15, -0.1) is 0 Å². The molecule has 2 aromatic carbocycles. The molecule has 0 bridgehead atoms. The van der Waals surface area contributed by atoms with E-state index in [1.807, 2.05) is 0 Å². The smallest absolute Gasteiger partial charge is 0.243 e. The zero-order valence-corrected chi connectivity index (χ0v) is 14.2. The molecule has 2 N–H and O–H groups in total. The number of carbonyl (C=O) groups is 1. The third-order valence-electron chi connectivity index (χ3n) is 3.05. The minimum absolute atomic E-state index is 0.0593. The number of rotatable bonds is 6. The topological polar surface area (TPSA) is 59.6 Å². The molecule has 122 valence electrons. The predicted molar refractivity (Wildman–Crippen MR) is 93.1 cm³/mol. The van der Waals surface area contributed by atoms with Crippen LogP contribution in [-0.2, 0) is 4.79 Å². The molecule has 0 radical (unpaired) electrons. The number of ether oxygens (including phenoxy) is 2. The molecule has 0 spiro atoms. The molecule has 0 fully saturated rings. The summed E-state index contributed by atoms with van der Waals surface area (Å²) in [6.45, 7) is 0.0593. The lowest BCUT2D eigenvalue weighted by Gasteiger charge is -2.13. The van der Waals surface area contributed by atoms with Gasteiger partial charge in [0.05, 0.1) is 36.5 Å². The standard InChI is InChI=1S/C16H16Cl2N2O3/c1-22-11-4-6-15(23-2)14(8-11)19-9-16(21)20-10-3-5-12(17)13(18)7-10/h3-8,19H,9H2,1-2H3,(H,20,21). The lowest BCUT2D eigenvalue weighted by Crippen LogP contribution is -2.22. The van der Waals surface area contributed by atoms with Gasteiger partial charge >= 0.3 is 0 Å². The summed E-state index contributed by atoms with van der Waals surface area (Å²) >= 11 is 11.8. The number of benzene rings is 2. The van der Waals surface area contributed by atoms with Crippen LogP contribution >= 0.6 is 23.2 Å². The minimum Gasteiger partial charge on any atom is -0.497 e. The summed E-state index contributed by atoms with van der Waals surface area (Å²) in [5.41, 5.74) is 1.24. The van der Waals surface area contributed by atoms with Crippen molar-refractivity contribution < 1.29 is 14.3 Å². The van der Waals surface area contributed by atoms with Gasteiger partial charge < -0.3 is 20.1 Å². The normalized spacial score (nSPS) is 10.1. The first-order valence-electron chi connectivity index (χ1n) is 6.74. The number of anilines is 2. The van der Waals surface area contributed by atoms with E-state index in [-0.39, 0.29) is 12.5 Å². The molecule has 1 amide bonds. The number of amides is 1. The summed E-state index contributed by atoms with van der Waals surface area (Å²) in [5.74, 6) is 1.06. The van der Waals surface area contributed by atoms with Gasteiger partial charge in [-0.3, -0.25) is 4.79 Å². The Bertz CT molecular complexity index is 708. The molecule has 0 unspecified atom stereocenters. The van der Waals surface area contributed by atoms with Crippen molar-refractivity contribution in [1.29, 1.82) is 0 Å². The van der Waals surface area contributed by atoms with Crippen molar-refractivity contribution in [1.82, 2.24) is 0 Å². The molecule has 0 aliphatic carbocycles. The molecule has 0 saturated carbocycles. The van der Waals surface area contributed by atoms with Crippen LogP contribution in [0.5, 0.6) is 11.5 Å². The maximum Gasteiger partial charge on any atom is 0.243 e. The van der Waals surface area contributed by atoms with Crippen molar-refractivity contribution in [3.05, 3.63) is 46.4 Å². The van der Waals surface area contributed by atoms with Gasteiger partial charge in [-0.1, -0.05) is 23.2 Å². The van der Waals surface area contributed by atoms with Gasteiger partial charge in [0, 0.05) is 11.8 Å². The second kappa shape index (κ2) is 7.94. The quantitative estimate of drug-likeness (QED) is 0.820. The number of nitrogens with one attached hydrogen (secondary N) is 2. The van der Waals surface area contributed by atoms with E-state index in [0.29, 0.717) is 32.9 Å². The number of halogens is 2. The summed E-state index contributed by atoms with van der Waals surface area (Å²) < 4.78 is 10.4. The molecule has 0 saturated heterocycles. The Labute approximate surface area is 144 Å². The largest absolute Gasteiger partial charge is 0.497 e. The molecule has 0 aliphatic rings. The minimum atomic E-state index is -0.228. The molecule has 7 heteroatoms. The Kier molecular flexibility index (Phi) is 5.96. The first kappa shape index (κ1) is 17.2. The maximum atomic E-state index is 12.0. The Balaban J connectivity index is 2.00. The predicted octanol–water partition coefficient (Wildman–Crippen LogP) is 4.06. The third-order valence-corrected chi connectivity index (χ3v) is 3.79. The molecule has 0 aliphatic heterocycles. The van der Waals surface area contributed by atoms with E-state index in [1.165, 1.54) is 0 Å². The number of carbonyl (C=O) groups excluding carboxylic acids is 1. The maximum absolute atomic E-state index is 12.0. The highest BCUT2D eigenvalue weighted by molar-refractivity contribution is 6.42. The van der Waals surface area contributed by atoms with Crippen LogP contribution in [0.25, 0.3) is 0 Å². The van der Waals surface area contributed by atoms with Crippen molar-refractivity contribution >= 4 is 40.5 Å². The van der Waals surface area contributed by atoms with E-state index >= 15 is 0 Å². The first-order valence-corrected chi connectivity index (χ1v) is 7.50. The van der Waals surface area contributed by atoms with Gasteiger partial charge in [-0.2, -0.15) is 0 Å². The average Bonchev–Trinajstić information content (AvgIpc) is 2.56. The fourth-order valence-electron chi connectivity index (χ4n) is 1.91. The Morgan fingerprint density at radius 1 is 1.04 bits per heavy atom. The lowest BCUT2D eigenvalue weighted by molar-refractivity contribution is -0.114. The van der Waals surface area contributed by atoms with Gasteiger partial charge in [0.1, 0.15) is 11.5 Å². The number of hydrogen-bond donors (Lipinski definition) is 2. The SMILES string of the molecule is COc1ccc(OC)c(NCC(=O)Nc2ccc(Cl)c(Cl)c2)c1. The monoisotopic (exact) mass is 354 g/mol. The molecule has 23 heavy (non-hydrogen) atoms. The average molecular weight is 355 g/mol. The van der Waals surface area contributed by atoms with Crippen LogP contribution < -0.4 is 20.1 Å². The summed E-state index contributed by atoms with van der Waals surface area (Å²) in [6.07, 6.45) is 0.